The van der Waals surface area contributed by atoms with Crippen LogP contribution in [0.5, 0.6) is 0 Å². The predicted octanol–water partition coefficient (Wildman–Crippen LogP) is 1.96. The van der Waals surface area contributed by atoms with E-state index >= 15 is 0 Å². The number of carbonyl (C=O) groups excluding carboxylic acids is 1. The number of sulfonamides is 1. The van der Waals surface area contributed by atoms with Crippen molar-refractivity contribution in [2.24, 2.45) is 0 Å². The summed E-state index contributed by atoms with van der Waals surface area (Å²) >= 11 is 6.03. The van der Waals surface area contributed by atoms with Gasteiger partial charge in [0, 0.05) is 36.4 Å². The minimum absolute atomic E-state index is 0.0162. The van der Waals surface area contributed by atoms with Gasteiger partial charge in [-0.15, -0.1) is 0 Å². The average Bonchev–Trinajstić information content (AvgIpc) is 2.99. The second kappa shape index (κ2) is 7.66. The largest absolute Gasteiger partial charge is 0.354 e. The molecule has 0 spiro atoms. The van der Waals surface area contributed by atoms with Gasteiger partial charge in [0.25, 0.3) is 0 Å². The van der Waals surface area contributed by atoms with Gasteiger partial charge in [0.05, 0.1) is 29.9 Å². The highest BCUT2D eigenvalue weighted by Crippen LogP contribution is 2.28. The molecule has 0 radical (unpaired) electrons. The normalized spacial score (nSPS) is 15.4. The van der Waals surface area contributed by atoms with E-state index in [1.807, 2.05) is 21.4 Å². The Morgan fingerprint density at radius 1 is 1.21 bits per heavy atom. The van der Waals surface area contributed by atoms with E-state index in [1.54, 1.807) is 30.5 Å². The number of rotatable bonds is 5. The number of amides is 1. The zero-order chi connectivity index (χ0) is 20.6. The fourth-order valence-electron chi connectivity index (χ4n) is 3.40. The number of pyridine rings is 1. The van der Waals surface area contributed by atoms with E-state index < -0.39 is 10.0 Å². The Morgan fingerprint density at radius 2 is 1.97 bits per heavy atom. The number of anilines is 1. The number of aromatic nitrogens is 2. The molecule has 152 valence electrons. The van der Waals surface area contributed by atoms with Crippen molar-refractivity contribution in [2.45, 2.75) is 6.54 Å². The Bertz CT molecular complexity index is 1170. The lowest BCUT2D eigenvalue weighted by Crippen LogP contribution is -2.47. The molecule has 0 atom stereocenters. The molecule has 1 fully saturated rings. The van der Waals surface area contributed by atoms with E-state index in [1.165, 1.54) is 0 Å². The zero-order valence-electron chi connectivity index (χ0n) is 15.7. The number of fused-ring (bicyclic) bond motifs is 1. The number of hydrogen-bond acceptors (Lipinski definition) is 5. The maximum atomic E-state index is 11.8. The number of hydrogen-bond donors (Lipinski definition) is 2. The first-order valence-corrected chi connectivity index (χ1v) is 11.3. The maximum absolute atomic E-state index is 11.8. The third-order valence-electron chi connectivity index (χ3n) is 4.63. The number of benzene rings is 1. The van der Waals surface area contributed by atoms with E-state index in [2.05, 4.69) is 10.0 Å². The lowest BCUT2D eigenvalue weighted by atomic mass is 10.1. The van der Waals surface area contributed by atoms with Gasteiger partial charge in [-0.1, -0.05) is 23.7 Å². The van der Waals surface area contributed by atoms with Crippen molar-refractivity contribution in [3.63, 3.8) is 0 Å². The van der Waals surface area contributed by atoms with Crippen molar-refractivity contribution in [3.05, 3.63) is 53.3 Å². The number of carbonyl (C=O) groups is 1. The topological polar surface area (TPSA) is 95.8 Å². The van der Waals surface area contributed by atoms with Gasteiger partial charge in [0.15, 0.2) is 0 Å². The Kier molecular flexibility index (Phi) is 5.20. The average molecular weight is 434 g/mol. The number of halogens is 1. The number of piperazine rings is 1. The van der Waals surface area contributed by atoms with Gasteiger partial charge < -0.3 is 5.32 Å². The lowest BCUT2D eigenvalue weighted by molar-refractivity contribution is -0.124. The van der Waals surface area contributed by atoms with Crippen LogP contribution in [-0.2, 0) is 21.4 Å². The summed E-state index contributed by atoms with van der Waals surface area (Å²) in [5.74, 6) is -0.0162. The highest BCUT2D eigenvalue weighted by molar-refractivity contribution is 7.92. The third-order valence-corrected chi connectivity index (χ3v) is 5.49. The van der Waals surface area contributed by atoms with Crippen LogP contribution >= 0.6 is 11.6 Å². The quantitative estimate of drug-likeness (QED) is 0.641. The minimum atomic E-state index is -3.41. The standard InChI is InChI=1S/C19H20ClN5O3S/c1-29(27,28)23-15-6-7-17-22-19(13-2-4-14(20)5-3-13)16(25(17)10-15)11-24-9-8-21-18(26)12-24/h2-7,10,23H,8-9,11-12H2,1H3,(H,21,26). The molecule has 2 aromatic heterocycles. The molecular formula is C19H20ClN5O3S. The van der Waals surface area contributed by atoms with E-state index in [0.29, 0.717) is 36.0 Å². The first-order valence-electron chi connectivity index (χ1n) is 9.02. The van der Waals surface area contributed by atoms with Gasteiger partial charge in [-0.3, -0.25) is 18.8 Å². The molecule has 1 amide bonds. The van der Waals surface area contributed by atoms with Crippen molar-refractivity contribution in [1.82, 2.24) is 19.6 Å². The fraction of sp³-hybridized carbons (Fsp3) is 0.263. The van der Waals surface area contributed by atoms with Crippen LogP contribution in [0.25, 0.3) is 16.9 Å². The molecule has 2 N–H and O–H groups in total. The van der Waals surface area contributed by atoms with Gasteiger partial charge in [-0.2, -0.15) is 0 Å². The monoisotopic (exact) mass is 433 g/mol. The van der Waals surface area contributed by atoms with Gasteiger partial charge >= 0.3 is 0 Å². The van der Waals surface area contributed by atoms with E-state index in [4.69, 9.17) is 16.6 Å². The summed E-state index contributed by atoms with van der Waals surface area (Å²) < 4.78 is 27.6. The van der Waals surface area contributed by atoms with Crippen LogP contribution in [0.4, 0.5) is 5.69 Å². The zero-order valence-corrected chi connectivity index (χ0v) is 17.3. The lowest BCUT2D eigenvalue weighted by Gasteiger charge is -2.26. The summed E-state index contributed by atoms with van der Waals surface area (Å²) in [4.78, 5) is 18.6. The van der Waals surface area contributed by atoms with E-state index in [-0.39, 0.29) is 5.91 Å². The van der Waals surface area contributed by atoms with Gasteiger partial charge in [0.2, 0.25) is 15.9 Å². The van der Waals surface area contributed by atoms with Crippen LogP contribution in [0.15, 0.2) is 42.6 Å². The first kappa shape index (κ1) is 19.7. The molecule has 29 heavy (non-hydrogen) atoms. The highest BCUT2D eigenvalue weighted by Gasteiger charge is 2.21. The highest BCUT2D eigenvalue weighted by atomic mass is 35.5. The van der Waals surface area contributed by atoms with Crippen LogP contribution in [-0.4, -0.2) is 54.5 Å². The Hall–Kier alpha value is -2.62. The maximum Gasteiger partial charge on any atom is 0.234 e. The van der Waals surface area contributed by atoms with Crippen LogP contribution < -0.4 is 10.0 Å². The number of imidazole rings is 1. The Labute approximate surface area is 173 Å². The minimum Gasteiger partial charge on any atom is -0.354 e. The predicted molar refractivity (Wildman–Crippen MR) is 112 cm³/mol. The number of nitrogens with zero attached hydrogens (tertiary/aromatic N) is 3. The van der Waals surface area contributed by atoms with Gasteiger partial charge in [-0.25, -0.2) is 13.4 Å². The second-order valence-corrected chi connectivity index (χ2v) is 9.18. The molecule has 4 rings (SSSR count). The summed E-state index contributed by atoms with van der Waals surface area (Å²) in [6, 6.07) is 10.8. The van der Waals surface area contributed by atoms with Crippen LogP contribution in [0.3, 0.4) is 0 Å². The van der Waals surface area contributed by atoms with Gasteiger partial charge in [-0.05, 0) is 24.3 Å². The third kappa shape index (κ3) is 4.52. The molecule has 1 aliphatic rings. The Balaban J connectivity index is 1.81. The van der Waals surface area contributed by atoms with Crippen LogP contribution in [0.2, 0.25) is 5.02 Å². The summed E-state index contributed by atoms with van der Waals surface area (Å²) in [6.07, 6.45) is 2.82. The molecule has 0 saturated carbocycles. The summed E-state index contributed by atoms with van der Waals surface area (Å²) in [6.45, 7) is 2.11. The molecule has 0 bridgehead atoms. The van der Waals surface area contributed by atoms with Gasteiger partial charge in [0.1, 0.15) is 5.65 Å². The molecule has 10 heteroatoms. The molecule has 8 nitrogen and oxygen atoms in total. The summed E-state index contributed by atoms with van der Waals surface area (Å²) in [5.41, 5.74) is 3.66. The van der Waals surface area contributed by atoms with Crippen molar-refractivity contribution in [2.75, 3.05) is 30.6 Å². The fourth-order valence-corrected chi connectivity index (χ4v) is 4.07. The van der Waals surface area contributed by atoms with Crippen LogP contribution in [0, 0.1) is 0 Å². The Morgan fingerprint density at radius 3 is 2.66 bits per heavy atom. The SMILES string of the molecule is CS(=O)(=O)Nc1ccc2nc(-c3ccc(Cl)cc3)c(CN3CCNC(=O)C3)n2c1. The molecule has 0 aliphatic carbocycles. The molecule has 3 heterocycles. The molecule has 3 aromatic rings. The van der Waals surface area contributed by atoms with Crippen molar-refractivity contribution >= 4 is 38.9 Å². The van der Waals surface area contributed by atoms with Crippen molar-refractivity contribution in [3.8, 4) is 11.3 Å². The molecule has 1 aromatic carbocycles. The first-order chi connectivity index (χ1) is 13.8. The molecule has 0 unspecified atom stereocenters. The van der Waals surface area contributed by atoms with E-state index in [0.717, 1.165) is 29.8 Å². The van der Waals surface area contributed by atoms with Crippen LogP contribution in [0.1, 0.15) is 5.69 Å². The smallest absolute Gasteiger partial charge is 0.234 e. The van der Waals surface area contributed by atoms with Crippen molar-refractivity contribution in [1.29, 1.82) is 0 Å². The summed E-state index contributed by atoms with van der Waals surface area (Å²) in [5, 5.41) is 3.45. The molecule has 1 aliphatic heterocycles. The summed E-state index contributed by atoms with van der Waals surface area (Å²) in [7, 11) is -3.41. The molecule has 1 saturated heterocycles. The second-order valence-electron chi connectivity index (χ2n) is 6.99. The number of nitrogens with one attached hydrogen (secondary N) is 2. The van der Waals surface area contributed by atoms with Crippen molar-refractivity contribution < 1.29 is 13.2 Å². The molecular weight excluding hydrogens is 414 g/mol. The van der Waals surface area contributed by atoms with E-state index in [9.17, 15) is 13.2 Å².